The zero-order valence-electron chi connectivity index (χ0n) is 16.4. The fourth-order valence-electron chi connectivity index (χ4n) is 2.85. The van der Waals surface area contributed by atoms with Crippen LogP contribution in [0.2, 0.25) is 5.02 Å². The van der Waals surface area contributed by atoms with Crippen LogP contribution in [-0.4, -0.2) is 20.9 Å². The predicted octanol–water partition coefficient (Wildman–Crippen LogP) is 5.40. The summed E-state index contributed by atoms with van der Waals surface area (Å²) < 4.78 is 28.8. The first-order chi connectivity index (χ1) is 14.2. The average molecular weight is 555 g/mol. The van der Waals surface area contributed by atoms with Crippen LogP contribution in [-0.2, 0) is 14.8 Å². The molecule has 0 saturated heterocycles. The minimum Gasteiger partial charge on any atom is -0.324 e. The lowest BCUT2D eigenvalue weighted by Crippen LogP contribution is -2.38. The van der Waals surface area contributed by atoms with E-state index in [0.717, 1.165) is 19.0 Å². The molecule has 156 valence electrons. The molecule has 0 spiro atoms. The molecular formula is C22H20ClIN2O3S. The van der Waals surface area contributed by atoms with Crippen LogP contribution in [0, 0.1) is 17.4 Å². The minimum absolute atomic E-state index is 0.112. The van der Waals surface area contributed by atoms with Gasteiger partial charge in [0.1, 0.15) is 6.54 Å². The van der Waals surface area contributed by atoms with Crippen LogP contribution in [0.15, 0.2) is 71.6 Å². The lowest BCUT2D eigenvalue weighted by molar-refractivity contribution is -0.114. The van der Waals surface area contributed by atoms with Crippen molar-refractivity contribution >= 4 is 61.5 Å². The molecule has 8 heteroatoms. The summed E-state index contributed by atoms with van der Waals surface area (Å²) in [6, 6.07) is 18.5. The fraction of sp³-hybridized carbons (Fsp3) is 0.136. The van der Waals surface area contributed by atoms with E-state index in [4.69, 9.17) is 11.6 Å². The largest absolute Gasteiger partial charge is 0.324 e. The van der Waals surface area contributed by atoms with Gasteiger partial charge in [0.05, 0.1) is 10.6 Å². The smallest absolute Gasteiger partial charge is 0.264 e. The lowest BCUT2D eigenvalue weighted by atomic mass is 10.2. The van der Waals surface area contributed by atoms with Gasteiger partial charge in [0.25, 0.3) is 10.0 Å². The first kappa shape index (κ1) is 22.6. The topological polar surface area (TPSA) is 66.5 Å². The van der Waals surface area contributed by atoms with E-state index >= 15 is 0 Å². The Morgan fingerprint density at radius 1 is 1.00 bits per heavy atom. The monoisotopic (exact) mass is 554 g/mol. The van der Waals surface area contributed by atoms with Crippen molar-refractivity contribution in [3.63, 3.8) is 0 Å². The summed E-state index contributed by atoms with van der Waals surface area (Å²) in [4.78, 5) is 12.9. The number of hydrogen-bond acceptors (Lipinski definition) is 3. The van der Waals surface area contributed by atoms with Crippen LogP contribution >= 0.6 is 34.2 Å². The molecule has 0 heterocycles. The maximum Gasteiger partial charge on any atom is 0.264 e. The summed E-state index contributed by atoms with van der Waals surface area (Å²) in [7, 11) is -3.96. The first-order valence-electron chi connectivity index (χ1n) is 9.08. The second-order valence-corrected chi connectivity index (χ2v) is 10.4. The molecule has 0 aromatic heterocycles. The molecule has 3 rings (SSSR count). The van der Waals surface area contributed by atoms with E-state index < -0.39 is 15.9 Å². The van der Waals surface area contributed by atoms with Gasteiger partial charge in [0.15, 0.2) is 0 Å². The second kappa shape index (κ2) is 9.36. The summed E-state index contributed by atoms with van der Waals surface area (Å²) in [6.45, 7) is 3.39. The van der Waals surface area contributed by atoms with Crippen molar-refractivity contribution in [3.05, 3.63) is 86.4 Å². The lowest BCUT2D eigenvalue weighted by Gasteiger charge is -2.24. The van der Waals surface area contributed by atoms with E-state index in [0.29, 0.717) is 16.4 Å². The SMILES string of the molecule is Cc1ccc(S(=O)(=O)N(CC(=O)Nc2ccc(I)cc2C)c2ccc(Cl)cc2)cc1. The van der Waals surface area contributed by atoms with E-state index in [2.05, 4.69) is 27.9 Å². The molecule has 30 heavy (non-hydrogen) atoms. The number of aryl methyl sites for hydroxylation is 2. The number of hydrogen-bond donors (Lipinski definition) is 1. The molecule has 0 fully saturated rings. The Balaban J connectivity index is 1.94. The van der Waals surface area contributed by atoms with Gasteiger partial charge in [-0.3, -0.25) is 9.10 Å². The molecule has 0 atom stereocenters. The highest BCUT2D eigenvalue weighted by Gasteiger charge is 2.27. The number of anilines is 2. The van der Waals surface area contributed by atoms with Gasteiger partial charge >= 0.3 is 0 Å². The number of carbonyl (C=O) groups is 1. The van der Waals surface area contributed by atoms with Gasteiger partial charge in [-0.2, -0.15) is 0 Å². The molecule has 0 saturated carbocycles. The normalized spacial score (nSPS) is 11.2. The number of benzene rings is 3. The summed E-state index contributed by atoms with van der Waals surface area (Å²) in [5.41, 5.74) is 2.84. The summed E-state index contributed by atoms with van der Waals surface area (Å²) in [6.07, 6.45) is 0. The Kier molecular flexibility index (Phi) is 7.05. The van der Waals surface area contributed by atoms with E-state index in [9.17, 15) is 13.2 Å². The zero-order valence-corrected chi connectivity index (χ0v) is 20.1. The quantitative estimate of drug-likeness (QED) is 0.415. The summed E-state index contributed by atoms with van der Waals surface area (Å²) in [5, 5.41) is 3.28. The Morgan fingerprint density at radius 3 is 2.23 bits per heavy atom. The molecule has 1 N–H and O–H groups in total. The zero-order chi connectivity index (χ0) is 21.9. The number of rotatable bonds is 6. The Labute approximate surface area is 195 Å². The maximum atomic E-state index is 13.3. The minimum atomic E-state index is -3.96. The van der Waals surface area contributed by atoms with Crippen LogP contribution in [0.3, 0.4) is 0 Å². The molecule has 1 amide bonds. The Bertz CT molecular complexity index is 1160. The van der Waals surface area contributed by atoms with Gasteiger partial charge in [-0.1, -0.05) is 29.3 Å². The predicted molar refractivity (Wildman–Crippen MR) is 130 cm³/mol. The maximum absolute atomic E-state index is 13.3. The molecule has 0 aliphatic heterocycles. The van der Waals surface area contributed by atoms with Crippen LogP contribution in [0.25, 0.3) is 0 Å². The molecule has 0 unspecified atom stereocenters. The van der Waals surface area contributed by atoms with Crippen molar-refractivity contribution in [3.8, 4) is 0 Å². The highest BCUT2D eigenvalue weighted by Crippen LogP contribution is 2.26. The van der Waals surface area contributed by atoms with E-state index in [-0.39, 0.29) is 11.4 Å². The van der Waals surface area contributed by atoms with Gasteiger partial charge in [0.2, 0.25) is 5.91 Å². The molecule has 0 radical (unpaired) electrons. The summed E-state index contributed by atoms with van der Waals surface area (Å²) in [5.74, 6) is -0.440. The second-order valence-electron chi connectivity index (χ2n) is 6.81. The van der Waals surface area contributed by atoms with Crippen LogP contribution in [0.4, 0.5) is 11.4 Å². The van der Waals surface area contributed by atoms with Crippen molar-refractivity contribution in [2.75, 3.05) is 16.2 Å². The number of nitrogens with zero attached hydrogens (tertiary/aromatic N) is 1. The van der Waals surface area contributed by atoms with E-state index in [1.54, 1.807) is 42.5 Å². The molecule has 5 nitrogen and oxygen atoms in total. The Morgan fingerprint density at radius 2 is 1.63 bits per heavy atom. The van der Waals surface area contributed by atoms with E-state index in [1.165, 1.54) is 12.1 Å². The van der Waals surface area contributed by atoms with Crippen molar-refractivity contribution in [2.24, 2.45) is 0 Å². The van der Waals surface area contributed by atoms with Crippen molar-refractivity contribution in [1.29, 1.82) is 0 Å². The number of amides is 1. The standard InChI is InChI=1S/C22H20ClIN2O3S/c1-15-3-10-20(11-4-15)30(28,29)26(19-8-5-17(23)6-9-19)14-22(27)25-21-12-7-18(24)13-16(21)2/h3-13H,14H2,1-2H3,(H,25,27). The van der Waals surface area contributed by atoms with Crippen molar-refractivity contribution in [2.45, 2.75) is 18.7 Å². The first-order valence-corrected chi connectivity index (χ1v) is 12.0. The molecule has 0 bridgehead atoms. The van der Waals surface area contributed by atoms with E-state index in [1.807, 2.05) is 26.0 Å². The molecular weight excluding hydrogens is 535 g/mol. The number of nitrogens with one attached hydrogen (secondary N) is 1. The number of carbonyl (C=O) groups excluding carboxylic acids is 1. The number of sulfonamides is 1. The van der Waals surface area contributed by atoms with Gasteiger partial charge < -0.3 is 5.32 Å². The van der Waals surface area contributed by atoms with Crippen molar-refractivity contribution in [1.82, 2.24) is 0 Å². The van der Waals surface area contributed by atoms with Crippen LogP contribution in [0.1, 0.15) is 11.1 Å². The van der Waals surface area contributed by atoms with Gasteiger partial charge in [-0.05, 0) is 96.6 Å². The van der Waals surface area contributed by atoms with Gasteiger partial charge in [-0.15, -0.1) is 0 Å². The van der Waals surface area contributed by atoms with Crippen LogP contribution < -0.4 is 9.62 Å². The third-order valence-corrected chi connectivity index (χ3v) is 7.18. The Hall–Kier alpha value is -2.10. The van der Waals surface area contributed by atoms with Gasteiger partial charge in [-0.25, -0.2) is 8.42 Å². The highest BCUT2D eigenvalue weighted by atomic mass is 127. The van der Waals surface area contributed by atoms with Crippen LogP contribution in [0.5, 0.6) is 0 Å². The molecule has 3 aromatic carbocycles. The fourth-order valence-corrected chi connectivity index (χ4v) is 5.04. The highest BCUT2D eigenvalue weighted by molar-refractivity contribution is 14.1. The van der Waals surface area contributed by atoms with Crippen molar-refractivity contribution < 1.29 is 13.2 Å². The molecule has 0 aliphatic rings. The third kappa shape index (κ3) is 5.33. The molecule has 0 aliphatic carbocycles. The van der Waals surface area contributed by atoms with Gasteiger partial charge in [0, 0.05) is 14.3 Å². The summed E-state index contributed by atoms with van der Waals surface area (Å²) >= 11 is 8.15. The molecule has 3 aromatic rings. The third-order valence-electron chi connectivity index (χ3n) is 4.47. The number of halogens is 2. The average Bonchev–Trinajstić information content (AvgIpc) is 2.69.